The summed E-state index contributed by atoms with van der Waals surface area (Å²) < 4.78 is 44.2. The van der Waals surface area contributed by atoms with Crippen molar-refractivity contribution in [2.45, 2.75) is 6.18 Å². The molecule has 1 aliphatic rings. The van der Waals surface area contributed by atoms with E-state index >= 15 is 0 Å². The van der Waals surface area contributed by atoms with Crippen molar-refractivity contribution in [3.05, 3.63) is 41.6 Å². The first-order valence-electron chi connectivity index (χ1n) is 7.21. The van der Waals surface area contributed by atoms with Gasteiger partial charge in [0.1, 0.15) is 5.00 Å². The Bertz CT molecular complexity index is 727. The normalized spacial score (nSPS) is 15.4. The molecule has 0 radical (unpaired) electrons. The van der Waals surface area contributed by atoms with Gasteiger partial charge in [-0.15, -0.1) is 0 Å². The predicted octanol–water partition coefficient (Wildman–Crippen LogP) is 3.25. The van der Waals surface area contributed by atoms with Gasteiger partial charge in [-0.2, -0.15) is 13.2 Å². The third kappa shape index (κ3) is 3.68. The van der Waals surface area contributed by atoms with Gasteiger partial charge in [0.2, 0.25) is 0 Å². The lowest BCUT2D eigenvalue weighted by molar-refractivity contribution is -0.137. The van der Waals surface area contributed by atoms with Crippen LogP contribution in [0.3, 0.4) is 0 Å². The van der Waals surface area contributed by atoms with Crippen molar-refractivity contribution in [3.63, 3.8) is 0 Å². The van der Waals surface area contributed by atoms with Crippen LogP contribution in [-0.4, -0.2) is 37.2 Å². The Kier molecular flexibility index (Phi) is 4.72. The van der Waals surface area contributed by atoms with Gasteiger partial charge in [-0.05, 0) is 12.1 Å². The number of anilines is 2. The smallest absolute Gasteiger partial charge is 0.378 e. The fourth-order valence-electron chi connectivity index (χ4n) is 2.35. The fraction of sp³-hybridized carbons (Fsp3) is 0.333. The van der Waals surface area contributed by atoms with Gasteiger partial charge in [0, 0.05) is 13.1 Å². The summed E-state index contributed by atoms with van der Waals surface area (Å²) in [4.78, 5) is 18.3. The average molecular weight is 357 g/mol. The van der Waals surface area contributed by atoms with Crippen LogP contribution in [0.4, 0.5) is 23.3 Å². The SMILES string of the molecule is O=C(Nc1ncc(N2CCOCC2)s1)c1ccccc1C(F)(F)F. The van der Waals surface area contributed by atoms with Gasteiger partial charge in [-0.3, -0.25) is 10.1 Å². The standard InChI is InChI=1S/C15H14F3N3O2S/c16-15(17,18)11-4-2-1-3-10(11)13(22)20-14-19-9-12(24-14)21-5-7-23-8-6-21/h1-4,9H,5-8H2,(H,19,20,22). The molecule has 2 heterocycles. The van der Waals surface area contributed by atoms with Crippen LogP contribution in [0.1, 0.15) is 15.9 Å². The lowest BCUT2D eigenvalue weighted by Gasteiger charge is -2.26. The highest BCUT2D eigenvalue weighted by molar-refractivity contribution is 7.19. The van der Waals surface area contributed by atoms with E-state index in [0.717, 1.165) is 17.1 Å². The highest BCUT2D eigenvalue weighted by atomic mass is 32.1. The van der Waals surface area contributed by atoms with Gasteiger partial charge >= 0.3 is 6.18 Å². The summed E-state index contributed by atoms with van der Waals surface area (Å²) in [5.74, 6) is -0.828. The number of ether oxygens (including phenoxy) is 1. The van der Waals surface area contributed by atoms with Gasteiger partial charge in [0.15, 0.2) is 5.13 Å². The number of amides is 1. The highest BCUT2D eigenvalue weighted by Gasteiger charge is 2.35. The summed E-state index contributed by atoms with van der Waals surface area (Å²) in [6.07, 6.45) is -2.99. The van der Waals surface area contributed by atoms with E-state index in [1.807, 2.05) is 0 Å². The number of carbonyl (C=O) groups excluding carboxylic acids is 1. The number of hydrogen-bond acceptors (Lipinski definition) is 5. The quantitative estimate of drug-likeness (QED) is 0.916. The molecule has 0 unspecified atom stereocenters. The molecule has 1 amide bonds. The number of benzene rings is 1. The zero-order valence-electron chi connectivity index (χ0n) is 12.5. The van der Waals surface area contributed by atoms with E-state index in [9.17, 15) is 18.0 Å². The molecule has 0 aliphatic carbocycles. The van der Waals surface area contributed by atoms with Crippen molar-refractivity contribution in [2.24, 2.45) is 0 Å². The summed E-state index contributed by atoms with van der Waals surface area (Å²) in [5, 5.41) is 3.55. The molecule has 24 heavy (non-hydrogen) atoms. The molecule has 2 aromatic rings. The first kappa shape index (κ1) is 16.7. The molecular formula is C15H14F3N3O2S. The van der Waals surface area contributed by atoms with Crippen molar-refractivity contribution in [2.75, 3.05) is 36.5 Å². The Balaban J connectivity index is 1.75. The van der Waals surface area contributed by atoms with E-state index in [-0.39, 0.29) is 5.13 Å². The Morgan fingerprint density at radius 3 is 2.67 bits per heavy atom. The number of rotatable bonds is 3. The zero-order chi connectivity index (χ0) is 17.2. The molecule has 9 heteroatoms. The molecule has 0 saturated carbocycles. The first-order valence-corrected chi connectivity index (χ1v) is 8.03. The molecule has 1 aromatic carbocycles. The molecule has 0 spiro atoms. The molecule has 3 rings (SSSR count). The van der Waals surface area contributed by atoms with Crippen molar-refractivity contribution in [1.82, 2.24) is 4.98 Å². The molecule has 1 aliphatic heterocycles. The van der Waals surface area contributed by atoms with E-state index in [1.54, 1.807) is 6.20 Å². The maximum atomic E-state index is 13.0. The second-order valence-electron chi connectivity index (χ2n) is 5.10. The van der Waals surface area contributed by atoms with Gasteiger partial charge in [-0.25, -0.2) is 4.98 Å². The number of hydrogen-bond donors (Lipinski definition) is 1. The van der Waals surface area contributed by atoms with Crippen molar-refractivity contribution in [3.8, 4) is 0 Å². The number of halogens is 3. The van der Waals surface area contributed by atoms with Gasteiger partial charge in [-0.1, -0.05) is 23.5 Å². The van der Waals surface area contributed by atoms with Crippen LogP contribution in [0, 0.1) is 0 Å². The molecule has 1 aromatic heterocycles. The summed E-state index contributed by atoms with van der Waals surface area (Å²) in [6, 6.07) is 4.68. The molecule has 5 nitrogen and oxygen atoms in total. The molecule has 128 valence electrons. The number of alkyl halides is 3. The highest BCUT2D eigenvalue weighted by Crippen LogP contribution is 2.33. The minimum atomic E-state index is -4.59. The number of nitrogens with one attached hydrogen (secondary N) is 1. The van der Waals surface area contributed by atoms with Crippen LogP contribution in [0.5, 0.6) is 0 Å². The van der Waals surface area contributed by atoms with Crippen LogP contribution in [0.15, 0.2) is 30.5 Å². The molecule has 1 fully saturated rings. The fourth-order valence-corrected chi connectivity index (χ4v) is 3.21. The van der Waals surface area contributed by atoms with Crippen molar-refractivity contribution >= 4 is 27.4 Å². The summed E-state index contributed by atoms with van der Waals surface area (Å²) >= 11 is 1.22. The van der Waals surface area contributed by atoms with E-state index in [4.69, 9.17) is 4.74 Å². The Morgan fingerprint density at radius 2 is 1.96 bits per heavy atom. The van der Waals surface area contributed by atoms with Crippen LogP contribution in [-0.2, 0) is 10.9 Å². The summed E-state index contributed by atoms with van der Waals surface area (Å²) in [5.41, 5.74) is -1.39. The maximum absolute atomic E-state index is 13.0. The van der Waals surface area contributed by atoms with Crippen LogP contribution >= 0.6 is 11.3 Å². The van der Waals surface area contributed by atoms with E-state index in [1.165, 1.54) is 23.5 Å². The lowest BCUT2D eigenvalue weighted by Crippen LogP contribution is -2.35. The van der Waals surface area contributed by atoms with Crippen LogP contribution in [0.25, 0.3) is 0 Å². The van der Waals surface area contributed by atoms with Gasteiger partial charge < -0.3 is 9.64 Å². The van der Waals surface area contributed by atoms with Crippen molar-refractivity contribution in [1.29, 1.82) is 0 Å². The monoisotopic (exact) mass is 357 g/mol. The van der Waals surface area contributed by atoms with Crippen molar-refractivity contribution < 1.29 is 22.7 Å². The zero-order valence-corrected chi connectivity index (χ0v) is 13.3. The number of thiazole rings is 1. The number of aromatic nitrogens is 1. The molecule has 0 atom stereocenters. The summed E-state index contributed by atoms with van der Waals surface area (Å²) in [6.45, 7) is 2.65. The molecule has 1 N–H and O–H groups in total. The predicted molar refractivity (Wildman–Crippen MR) is 84.5 cm³/mol. The van der Waals surface area contributed by atoms with E-state index < -0.39 is 23.2 Å². The molecular weight excluding hydrogens is 343 g/mol. The van der Waals surface area contributed by atoms with Crippen LogP contribution in [0.2, 0.25) is 0 Å². The largest absolute Gasteiger partial charge is 0.417 e. The lowest BCUT2D eigenvalue weighted by atomic mass is 10.1. The first-order chi connectivity index (χ1) is 11.4. The minimum Gasteiger partial charge on any atom is -0.378 e. The van der Waals surface area contributed by atoms with E-state index in [2.05, 4.69) is 15.2 Å². The second kappa shape index (κ2) is 6.78. The van der Waals surface area contributed by atoms with Gasteiger partial charge in [0.05, 0.1) is 30.5 Å². The summed E-state index contributed by atoms with van der Waals surface area (Å²) in [7, 11) is 0. The Morgan fingerprint density at radius 1 is 1.25 bits per heavy atom. The molecule has 1 saturated heterocycles. The maximum Gasteiger partial charge on any atom is 0.417 e. The molecule has 0 bridgehead atoms. The average Bonchev–Trinajstić information content (AvgIpc) is 3.03. The Hall–Kier alpha value is -2.13. The van der Waals surface area contributed by atoms with Gasteiger partial charge in [0.25, 0.3) is 5.91 Å². The third-order valence-corrected chi connectivity index (χ3v) is 4.49. The topological polar surface area (TPSA) is 54.5 Å². The number of morpholine rings is 1. The van der Waals surface area contributed by atoms with Crippen LogP contribution < -0.4 is 10.2 Å². The Labute approximate surface area is 140 Å². The third-order valence-electron chi connectivity index (χ3n) is 3.51. The van der Waals surface area contributed by atoms with E-state index in [0.29, 0.717) is 26.3 Å². The minimum absolute atomic E-state index is 0.262. The number of nitrogens with zero attached hydrogens (tertiary/aromatic N) is 2. The number of carbonyl (C=O) groups is 1. The second-order valence-corrected chi connectivity index (χ2v) is 6.11.